The van der Waals surface area contributed by atoms with Gasteiger partial charge in [-0.05, 0) is 37.1 Å². The third-order valence-electron chi connectivity index (χ3n) is 7.20. The minimum atomic E-state index is -4.60. The number of hydrogen-bond acceptors (Lipinski definition) is 7. The highest BCUT2D eigenvalue weighted by atomic mass is 19.4. The fraction of sp³-hybridized carbons (Fsp3) is 0.414. The van der Waals surface area contributed by atoms with Crippen molar-refractivity contribution >= 4 is 28.4 Å². The van der Waals surface area contributed by atoms with Gasteiger partial charge in [0.25, 0.3) is 0 Å². The summed E-state index contributed by atoms with van der Waals surface area (Å²) in [5.41, 5.74) is 17.5. The fourth-order valence-electron chi connectivity index (χ4n) is 4.74. The maximum Gasteiger partial charge on any atom is 0.416 e. The van der Waals surface area contributed by atoms with Gasteiger partial charge >= 0.3 is 6.18 Å². The number of carbonyl (C=O) groups is 2. The molecule has 0 spiro atoms. The van der Waals surface area contributed by atoms with Crippen LogP contribution in [0.4, 0.5) is 18.9 Å². The monoisotopic (exact) mass is 589 g/mol. The van der Waals surface area contributed by atoms with Crippen molar-refractivity contribution in [2.45, 2.75) is 37.2 Å². The highest BCUT2D eigenvalue weighted by molar-refractivity contribution is 5.99. The zero-order chi connectivity index (χ0) is 30.9. The molecule has 0 saturated heterocycles. The number of alkyl halides is 3. The number of fused-ring (bicyclic) bond motifs is 1. The normalized spacial score (nSPS) is 14.3. The van der Waals surface area contributed by atoms with Crippen LogP contribution < -0.4 is 32.9 Å². The number of rotatable bonds is 14. The van der Waals surface area contributed by atoms with Crippen LogP contribution in [0.25, 0.3) is 10.9 Å². The summed E-state index contributed by atoms with van der Waals surface area (Å²) in [6, 6.07) is 9.64. The van der Waals surface area contributed by atoms with E-state index < -0.39 is 41.7 Å². The zero-order valence-electron chi connectivity index (χ0n) is 23.4. The molecule has 0 aliphatic carbocycles. The lowest BCUT2D eigenvalue weighted by molar-refractivity contribution is -0.907. The summed E-state index contributed by atoms with van der Waals surface area (Å²) in [4.78, 5) is 30.7. The predicted octanol–water partition coefficient (Wildman–Crippen LogP) is 1.25. The van der Waals surface area contributed by atoms with Gasteiger partial charge in [0.15, 0.2) is 0 Å². The molecule has 42 heavy (non-hydrogen) atoms. The third kappa shape index (κ3) is 8.94. The van der Waals surface area contributed by atoms with Crippen LogP contribution in [0.1, 0.15) is 30.1 Å². The van der Waals surface area contributed by atoms with Crippen LogP contribution in [-0.4, -0.2) is 73.1 Å². The Labute approximate surface area is 242 Å². The summed E-state index contributed by atoms with van der Waals surface area (Å²) in [7, 11) is 2.01. The van der Waals surface area contributed by atoms with Gasteiger partial charge in [-0.1, -0.05) is 42.0 Å². The second kappa shape index (κ2) is 14.5. The summed E-state index contributed by atoms with van der Waals surface area (Å²) in [5, 5.41) is 19.2. The molecule has 0 aliphatic rings. The largest absolute Gasteiger partial charge is 0.847 e. The van der Waals surface area contributed by atoms with Gasteiger partial charge in [-0.15, -0.1) is 0 Å². The van der Waals surface area contributed by atoms with Gasteiger partial charge in [0.2, 0.25) is 11.8 Å². The lowest BCUT2D eigenvalue weighted by Gasteiger charge is -2.34. The SMILES string of the molecule is C[N+](CCN)(CCN)CCC[C@H](N)C(=O)N[C@H](C(=O)Nc1cnc2ccccc2c1)[C@H]([O-])c1ccc(C(F)(F)F)cc1. The van der Waals surface area contributed by atoms with Crippen LogP contribution in [0.3, 0.4) is 0 Å². The van der Waals surface area contributed by atoms with Crippen molar-refractivity contribution in [3.8, 4) is 0 Å². The van der Waals surface area contributed by atoms with Crippen molar-refractivity contribution in [3.05, 3.63) is 71.9 Å². The van der Waals surface area contributed by atoms with Crippen LogP contribution in [0, 0.1) is 0 Å². The minimum Gasteiger partial charge on any atom is -0.847 e. The number of amides is 2. The first-order valence-electron chi connectivity index (χ1n) is 13.6. The first-order chi connectivity index (χ1) is 19.9. The molecule has 2 amide bonds. The average molecular weight is 590 g/mol. The molecule has 2 aromatic carbocycles. The lowest BCUT2D eigenvalue weighted by atomic mass is 9.99. The number of nitrogens with zero attached hydrogens (tertiary/aromatic N) is 2. The average Bonchev–Trinajstić information content (AvgIpc) is 2.95. The minimum absolute atomic E-state index is 0.106. The summed E-state index contributed by atoms with van der Waals surface area (Å²) >= 11 is 0. The van der Waals surface area contributed by atoms with E-state index in [1.165, 1.54) is 6.20 Å². The summed E-state index contributed by atoms with van der Waals surface area (Å²) in [5.74, 6) is -1.59. The molecule has 0 fully saturated rings. The highest BCUT2D eigenvalue weighted by Gasteiger charge is 2.31. The fourth-order valence-corrected chi connectivity index (χ4v) is 4.74. The molecule has 0 radical (unpaired) electrons. The van der Waals surface area contributed by atoms with Gasteiger partial charge in [0.05, 0.1) is 61.7 Å². The molecular formula is C29H38F3N7O3. The van der Waals surface area contributed by atoms with Crippen molar-refractivity contribution in [2.75, 3.05) is 45.1 Å². The van der Waals surface area contributed by atoms with Gasteiger partial charge in [0.1, 0.15) is 0 Å². The van der Waals surface area contributed by atoms with E-state index in [4.69, 9.17) is 17.2 Å². The molecule has 8 N–H and O–H groups in total. The molecule has 228 valence electrons. The van der Waals surface area contributed by atoms with Gasteiger partial charge in [-0.3, -0.25) is 14.6 Å². The number of quaternary nitrogens is 1. The van der Waals surface area contributed by atoms with Crippen molar-refractivity contribution in [3.63, 3.8) is 0 Å². The number of para-hydroxylation sites is 1. The Morgan fingerprint density at radius 2 is 1.64 bits per heavy atom. The number of halogens is 3. The molecule has 1 heterocycles. The van der Waals surface area contributed by atoms with E-state index in [1.54, 1.807) is 24.3 Å². The second-order valence-electron chi connectivity index (χ2n) is 10.5. The smallest absolute Gasteiger partial charge is 0.416 e. The van der Waals surface area contributed by atoms with Crippen molar-refractivity contribution < 1.29 is 32.3 Å². The van der Waals surface area contributed by atoms with Crippen molar-refractivity contribution in [1.82, 2.24) is 10.3 Å². The van der Waals surface area contributed by atoms with E-state index in [9.17, 15) is 27.9 Å². The molecule has 0 unspecified atom stereocenters. The number of benzene rings is 2. The van der Waals surface area contributed by atoms with E-state index in [1.807, 2.05) is 13.1 Å². The number of anilines is 1. The Kier molecular flexibility index (Phi) is 11.4. The summed E-state index contributed by atoms with van der Waals surface area (Å²) in [6.45, 7) is 3.03. The number of pyridine rings is 1. The zero-order valence-corrected chi connectivity index (χ0v) is 23.4. The van der Waals surface area contributed by atoms with Crippen LogP contribution in [0.15, 0.2) is 60.8 Å². The third-order valence-corrected chi connectivity index (χ3v) is 7.20. The maximum absolute atomic E-state index is 13.4. The predicted molar refractivity (Wildman–Crippen MR) is 153 cm³/mol. The van der Waals surface area contributed by atoms with Crippen LogP contribution in [-0.2, 0) is 15.8 Å². The van der Waals surface area contributed by atoms with E-state index in [0.717, 1.165) is 29.7 Å². The maximum atomic E-state index is 13.4. The van der Waals surface area contributed by atoms with Gasteiger partial charge in [-0.25, -0.2) is 0 Å². The van der Waals surface area contributed by atoms with Crippen molar-refractivity contribution in [2.24, 2.45) is 17.2 Å². The van der Waals surface area contributed by atoms with Gasteiger partial charge < -0.3 is 37.4 Å². The van der Waals surface area contributed by atoms with Crippen molar-refractivity contribution in [1.29, 1.82) is 0 Å². The molecule has 10 nitrogen and oxygen atoms in total. The molecule has 0 saturated carbocycles. The first-order valence-corrected chi connectivity index (χ1v) is 13.6. The van der Waals surface area contributed by atoms with E-state index in [0.29, 0.717) is 49.1 Å². The van der Waals surface area contributed by atoms with Gasteiger partial charge in [0, 0.05) is 18.5 Å². The molecule has 3 rings (SSSR count). The highest BCUT2D eigenvalue weighted by Crippen LogP contribution is 2.30. The van der Waals surface area contributed by atoms with Crippen LogP contribution in [0.5, 0.6) is 0 Å². The Morgan fingerprint density at radius 3 is 2.26 bits per heavy atom. The molecule has 0 bridgehead atoms. The topological polar surface area (TPSA) is 172 Å². The summed E-state index contributed by atoms with van der Waals surface area (Å²) < 4.78 is 39.8. The summed E-state index contributed by atoms with van der Waals surface area (Å²) in [6.07, 6.45) is -4.29. The number of hydrogen-bond donors (Lipinski definition) is 5. The molecular weight excluding hydrogens is 551 g/mol. The number of carbonyl (C=O) groups excluding carboxylic acids is 2. The molecule has 0 aliphatic heterocycles. The second-order valence-corrected chi connectivity index (χ2v) is 10.5. The molecule has 13 heteroatoms. The van der Waals surface area contributed by atoms with E-state index in [2.05, 4.69) is 15.6 Å². The number of nitrogens with two attached hydrogens (primary N) is 3. The Hall–Kier alpha value is -3.62. The first kappa shape index (κ1) is 32.9. The number of aromatic nitrogens is 1. The number of likely N-dealkylation sites (N-methyl/N-ethyl adjacent to an activating group) is 1. The molecule has 1 aromatic heterocycles. The number of nitrogens with one attached hydrogen (secondary N) is 2. The Morgan fingerprint density at radius 1 is 1.00 bits per heavy atom. The Balaban J connectivity index is 1.77. The van der Waals surface area contributed by atoms with E-state index >= 15 is 0 Å². The Bertz CT molecular complexity index is 1330. The van der Waals surface area contributed by atoms with Gasteiger partial charge in [-0.2, -0.15) is 13.2 Å². The van der Waals surface area contributed by atoms with Crippen LogP contribution >= 0.6 is 0 Å². The lowest BCUT2D eigenvalue weighted by Crippen LogP contribution is -2.55. The molecule has 3 atom stereocenters. The quantitative estimate of drug-likeness (QED) is 0.176. The standard InChI is InChI=1S/C29H38F3N7O3/c1-39(15-12-33,16-13-34)14-4-6-23(35)27(41)38-25(26(40)19-8-10-21(11-9-19)29(30,31)32)28(42)37-22-17-20-5-2-3-7-24(20)36-18-22/h2-3,5,7-11,17-18,23,25-26H,4,6,12-16,33-35H2,1H3,(H,37,42)(H,38,41)/t23-,25-,26+/m0/s1. The molecule has 3 aromatic rings. The van der Waals surface area contributed by atoms with Crippen LogP contribution in [0.2, 0.25) is 0 Å². The van der Waals surface area contributed by atoms with E-state index in [-0.39, 0.29) is 17.7 Å².